The van der Waals surface area contributed by atoms with Crippen LogP contribution in [0.2, 0.25) is 0 Å². The van der Waals surface area contributed by atoms with Gasteiger partial charge in [0.05, 0.1) is 12.4 Å². The van der Waals surface area contributed by atoms with E-state index in [9.17, 15) is 12.8 Å². The number of halogens is 1. The molecule has 0 amide bonds. The van der Waals surface area contributed by atoms with Gasteiger partial charge in [0.2, 0.25) is 10.0 Å². The second-order valence-electron chi connectivity index (χ2n) is 6.33. The van der Waals surface area contributed by atoms with Crippen molar-refractivity contribution in [2.75, 3.05) is 38.7 Å². The van der Waals surface area contributed by atoms with Crippen LogP contribution in [-0.2, 0) is 14.8 Å². The van der Waals surface area contributed by atoms with Gasteiger partial charge in [0.25, 0.3) is 0 Å². The lowest BCUT2D eigenvalue weighted by atomic mass is 9.80. The summed E-state index contributed by atoms with van der Waals surface area (Å²) in [5, 5.41) is 0. The van der Waals surface area contributed by atoms with E-state index in [1.165, 1.54) is 12.1 Å². The molecule has 1 aromatic rings. The van der Waals surface area contributed by atoms with Crippen LogP contribution in [0.25, 0.3) is 0 Å². The minimum absolute atomic E-state index is 0.0162. The van der Waals surface area contributed by atoms with Crippen molar-refractivity contribution in [3.63, 3.8) is 0 Å². The van der Waals surface area contributed by atoms with Crippen molar-refractivity contribution in [2.24, 2.45) is 5.41 Å². The number of hydrogen-bond acceptors (Lipinski definition) is 4. The van der Waals surface area contributed by atoms with Gasteiger partial charge in [-0.2, -0.15) is 0 Å². The molecule has 2 fully saturated rings. The first-order valence-corrected chi connectivity index (χ1v) is 9.55. The Labute approximate surface area is 136 Å². The van der Waals surface area contributed by atoms with Crippen molar-refractivity contribution in [3.8, 4) is 5.75 Å². The maximum absolute atomic E-state index is 13.5. The Bertz CT molecular complexity index is 643. The quantitative estimate of drug-likeness (QED) is 0.821. The maximum Gasteiger partial charge on any atom is 0.217 e. The molecule has 2 heterocycles. The van der Waals surface area contributed by atoms with Gasteiger partial charge >= 0.3 is 0 Å². The standard InChI is InChI=1S/C16H22FNO4S/c17-14-4-1-2-5-15(14)22-10-11-23(19,20)18-8-3-6-16(12-18)7-9-21-13-16/h1-2,4-5H,3,6-13H2/t16-/m1/s1. The van der Waals surface area contributed by atoms with E-state index in [4.69, 9.17) is 9.47 Å². The number of piperidine rings is 1. The summed E-state index contributed by atoms with van der Waals surface area (Å²) in [4.78, 5) is 0. The van der Waals surface area contributed by atoms with Crippen LogP contribution in [0, 0.1) is 11.2 Å². The van der Waals surface area contributed by atoms with Gasteiger partial charge in [-0.25, -0.2) is 17.1 Å². The fourth-order valence-electron chi connectivity index (χ4n) is 3.32. The second kappa shape index (κ2) is 6.75. The van der Waals surface area contributed by atoms with Crippen molar-refractivity contribution >= 4 is 10.0 Å². The zero-order chi connectivity index (χ0) is 16.3. The van der Waals surface area contributed by atoms with E-state index in [2.05, 4.69) is 0 Å². The molecule has 2 saturated heterocycles. The highest BCUT2D eigenvalue weighted by molar-refractivity contribution is 7.89. The normalized spacial score (nSPS) is 25.8. The fourth-order valence-corrected chi connectivity index (χ4v) is 4.75. The minimum atomic E-state index is -3.40. The summed E-state index contributed by atoms with van der Waals surface area (Å²) in [5.74, 6) is -0.537. The lowest BCUT2D eigenvalue weighted by Crippen LogP contribution is -2.47. The predicted octanol–water partition coefficient (Wildman–Crippen LogP) is 2.04. The number of hydrogen-bond donors (Lipinski definition) is 0. The van der Waals surface area contributed by atoms with Crippen molar-refractivity contribution in [3.05, 3.63) is 30.1 Å². The van der Waals surface area contributed by atoms with E-state index in [1.54, 1.807) is 16.4 Å². The monoisotopic (exact) mass is 343 g/mol. The molecule has 0 saturated carbocycles. The molecule has 1 spiro atoms. The van der Waals surface area contributed by atoms with Gasteiger partial charge in [-0.05, 0) is 31.4 Å². The van der Waals surface area contributed by atoms with Crippen molar-refractivity contribution < 1.29 is 22.3 Å². The average molecular weight is 343 g/mol. The molecule has 5 nitrogen and oxygen atoms in total. The van der Waals surface area contributed by atoms with Crippen LogP contribution in [0.1, 0.15) is 19.3 Å². The van der Waals surface area contributed by atoms with Gasteiger partial charge in [0.1, 0.15) is 6.61 Å². The first-order valence-electron chi connectivity index (χ1n) is 7.94. The Morgan fingerprint density at radius 2 is 2.13 bits per heavy atom. The molecule has 3 rings (SSSR count). The van der Waals surface area contributed by atoms with Crippen LogP contribution >= 0.6 is 0 Å². The second-order valence-corrected chi connectivity index (χ2v) is 8.42. The zero-order valence-corrected chi connectivity index (χ0v) is 13.9. The summed E-state index contributed by atoms with van der Waals surface area (Å²) in [6.07, 6.45) is 2.80. The molecule has 7 heteroatoms. The summed E-state index contributed by atoms with van der Waals surface area (Å²) in [5.41, 5.74) is -0.0162. The van der Waals surface area contributed by atoms with Gasteiger partial charge in [-0.1, -0.05) is 12.1 Å². The van der Waals surface area contributed by atoms with Crippen LogP contribution in [0.5, 0.6) is 5.75 Å². The highest BCUT2D eigenvalue weighted by atomic mass is 32.2. The highest BCUT2D eigenvalue weighted by Crippen LogP contribution is 2.38. The molecule has 0 aromatic heterocycles. The Morgan fingerprint density at radius 3 is 2.87 bits per heavy atom. The molecular weight excluding hydrogens is 321 g/mol. The summed E-state index contributed by atoms with van der Waals surface area (Å²) in [6.45, 7) is 2.37. The highest BCUT2D eigenvalue weighted by Gasteiger charge is 2.42. The third-order valence-corrected chi connectivity index (χ3v) is 6.42. The molecule has 1 aromatic carbocycles. The van der Waals surface area contributed by atoms with Gasteiger partial charge < -0.3 is 9.47 Å². The lowest BCUT2D eigenvalue weighted by Gasteiger charge is -2.38. The Morgan fingerprint density at radius 1 is 1.30 bits per heavy atom. The van der Waals surface area contributed by atoms with Crippen molar-refractivity contribution in [1.29, 1.82) is 0 Å². The number of para-hydroxylation sites is 1. The zero-order valence-electron chi connectivity index (χ0n) is 13.0. The van der Waals surface area contributed by atoms with Crippen LogP contribution in [0.15, 0.2) is 24.3 Å². The first kappa shape index (κ1) is 16.7. The largest absolute Gasteiger partial charge is 0.489 e. The molecule has 0 radical (unpaired) electrons. The molecule has 2 aliphatic rings. The third-order valence-electron chi connectivity index (χ3n) is 4.64. The number of benzene rings is 1. The van der Waals surface area contributed by atoms with Gasteiger partial charge in [0.15, 0.2) is 11.6 Å². The number of nitrogens with zero attached hydrogens (tertiary/aromatic N) is 1. The Balaban J connectivity index is 1.57. The molecule has 1 atom stereocenters. The molecule has 0 aliphatic carbocycles. The van der Waals surface area contributed by atoms with Crippen molar-refractivity contribution in [2.45, 2.75) is 19.3 Å². The topological polar surface area (TPSA) is 55.8 Å². The molecule has 2 aliphatic heterocycles. The van der Waals surface area contributed by atoms with E-state index in [-0.39, 0.29) is 23.5 Å². The van der Waals surface area contributed by atoms with E-state index >= 15 is 0 Å². The maximum atomic E-state index is 13.5. The smallest absolute Gasteiger partial charge is 0.217 e. The average Bonchev–Trinajstić information content (AvgIpc) is 2.97. The van der Waals surface area contributed by atoms with Gasteiger partial charge in [-0.3, -0.25) is 0 Å². The van der Waals surface area contributed by atoms with Crippen LogP contribution in [0.3, 0.4) is 0 Å². The van der Waals surface area contributed by atoms with E-state index in [1.807, 2.05) is 0 Å². The summed E-state index contributed by atoms with van der Waals surface area (Å²) in [7, 11) is -3.40. The molecule has 0 bridgehead atoms. The number of sulfonamides is 1. The van der Waals surface area contributed by atoms with E-state index in [0.29, 0.717) is 26.3 Å². The Kier molecular flexibility index (Phi) is 4.89. The van der Waals surface area contributed by atoms with Gasteiger partial charge in [0, 0.05) is 25.1 Å². The van der Waals surface area contributed by atoms with Crippen LogP contribution in [-0.4, -0.2) is 51.4 Å². The molecule has 0 unspecified atom stereocenters. The first-order chi connectivity index (χ1) is 11.0. The summed E-state index contributed by atoms with van der Waals surface area (Å²) < 4.78 is 50.8. The SMILES string of the molecule is O=S(=O)(CCOc1ccccc1F)N1CCC[C@@]2(CCOC2)C1. The molecule has 23 heavy (non-hydrogen) atoms. The van der Waals surface area contributed by atoms with Crippen molar-refractivity contribution in [1.82, 2.24) is 4.31 Å². The number of ether oxygens (including phenoxy) is 2. The molecule has 128 valence electrons. The van der Waals surface area contributed by atoms with Gasteiger partial charge in [-0.15, -0.1) is 0 Å². The van der Waals surface area contributed by atoms with Crippen LogP contribution < -0.4 is 4.74 Å². The Hall–Kier alpha value is -1.18. The lowest BCUT2D eigenvalue weighted by molar-refractivity contribution is 0.105. The molecular formula is C16H22FNO4S. The minimum Gasteiger partial charge on any atom is -0.489 e. The molecule has 0 N–H and O–H groups in total. The third kappa shape index (κ3) is 3.84. The van der Waals surface area contributed by atoms with E-state index < -0.39 is 15.8 Å². The summed E-state index contributed by atoms with van der Waals surface area (Å²) >= 11 is 0. The van der Waals surface area contributed by atoms with E-state index in [0.717, 1.165) is 19.3 Å². The van der Waals surface area contributed by atoms with Crippen LogP contribution in [0.4, 0.5) is 4.39 Å². The fraction of sp³-hybridized carbons (Fsp3) is 0.625. The number of rotatable bonds is 5. The predicted molar refractivity (Wildman–Crippen MR) is 84.4 cm³/mol. The summed E-state index contributed by atoms with van der Waals surface area (Å²) in [6, 6.07) is 6.00.